The Balaban J connectivity index is 2.38. The highest BCUT2D eigenvalue weighted by molar-refractivity contribution is 7.98. The van der Waals surface area contributed by atoms with Crippen LogP contribution in [-0.4, -0.2) is 6.26 Å². The minimum Gasteiger partial charge on any atom is -0.324 e. The van der Waals surface area contributed by atoms with Gasteiger partial charge >= 0.3 is 0 Å². The van der Waals surface area contributed by atoms with E-state index in [0.717, 1.165) is 6.42 Å². The molecule has 1 atom stereocenters. The highest BCUT2D eigenvalue weighted by atomic mass is 32.2. The molecule has 2 N–H and O–H groups in total. The first-order chi connectivity index (χ1) is 8.29. The highest BCUT2D eigenvalue weighted by Gasteiger charge is 2.09. The molecule has 1 nitrogen and oxygen atoms in total. The van der Waals surface area contributed by atoms with E-state index in [2.05, 4.69) is 37.4 Å². The van der Waals surface area contributed by atoms with E-state index in [1.165, 1.54) is 42.6 Å². The van der Waals surface area contributed by atoms with Crippen molar-refractivity contribution in [1.82, 2.24) is 0 Å². The van der Waals surface area contributed by atoms with Gasteiger partial charge in [-0.3, -0.25) is 0 Å². The maximum absolute atomic E-state index is 6.27. The molecule has 2 heteroatoms. The minimum absolute atomic E-state index is 0.209. The van der Waals surface area contributed by atoms with Crippen molar-refractivity contribution in [2.24, 2.45) is 5.73 Å². The third-order valence-electron chi connectivity index (χ3n) is 3.16. The lowest BCUT2D eigenvalue weighted by Gasteiger charge is -2.15. The van der Waals surface area contributed by atoms with Gasteiger partial charge in [0.25, 0.3) is 0 Å². The zero-order valence-electron chi connectivity index (χ0n) is 11.1. The van der Waals surface area contributed by atoms with Crippen LogP contribution in [0.25, 0.3) is 0 Å². The quantitative estimate of drug-likeness (QED) is 0.532. The summed E-state index contributed by atoms with van der Waals surface area (Å²) in [7, 11) is 0. The Morgan fingerprint density at radius 1 is 1.12 bits per heavy atom. The topological polar surface area (TPSA) is 26.0 Å². The SMILES string of the molecule is CCCCCCCC(N)c1ccccc1SC. The molecular formula is C15H25NS. The molecule has 0 bridgehead atoms. The molecule has 0 saturated carbocycles. The molecule has 0 saturated heterocycles. The van der Waals surface area contributed by atoms with Crippen LogP contribution in [0.4, 0.5) is 0 Å². The number of hydrogen-bond acceptors (Lipinski definition) is 2. The lowest BCUT2D eigenvalue weighted by molar-refractivity contribution is 0.551. The van der Waals surface area contributed by atoms with Gasteiger partial charge in [0.1, 0.15) is 0 Å². The predicted octanol–water partition coefficient (Wildman–Crippen LogP) is 4.77. The van der Waals surface area contributed by atoms with Gasteiger partial charge in [-0.1, -0.05) is 57.2 Å². The van der Waals surface area contributed by atoms with Crippen molar-refractivity contribution in [2.45, 2.75) is 56.4 Å². The Labute approximate surface area is 110 Å². The first-order valence-electron chi connectivity index (χ1n) is 6.68. The van der Waals surface area contributed by atoms with Crippen LogP contribution in [0.3, 0.4) is 0 Å². The summed E-state index contributed by atoms with van der Waals surface area (Å²) in [5.74, 6) is 0. The van der Waals surface area contributed by atoms with Crippen LogP contribution >= 0.6 is 11.8 Å². The van der Waals surface area contributed by atoms with Crippen LogP contribution in [0.15, 0.2) is 29.2 Å². The van der Waals surface area contributed by atoms with Crippen LogP contribution in [-0.2, 0) is 0 Å². The molecule has 0 fully saturated rings. The molecule has 1 aromatic rings. The molecule has 1 rings (SSSR count). The van der Waals surface area contributed by atoms with E-state index in [1.54, 1.807) is 11.8 Å². The van der Waals surface area contributed by atoms with Gasteiger partial charge in [0.2, 0.25) is 0 Å². The standard InChI is InChI=1S/C15H25NS/c1-3-4-5-6-7-11-14(16)13-10-8-9-12-15(13)17-2/h8-10,12,14H,3-7,11,16H2,1-2H3. The van der Waals surface area contributed by atoms with Gasteiger partial charge in [0.15, 0.2) is 0 Å². The molecule has 0 aromatic heterocycles. The summed E-state index contributed by atoms with van der Waals surface area (Å²) in [6.45, 7) is 2.25. The second-order valence-corrected chi connectivity index (χ2v) is 5.40. The van der Waals surface area contributed by atoms with Crippen LogP contribution in [0.2, 0.25) is 0 Å². The fourth-order valence-corrected chi connectivity index (χ4v) is 2.77. The lowest BCUT2D eigenvalue weighted by Crippen LogP contribution is -2.11. The largest absolute Gasteiger partial charge is 0.324 e. The lowest BCUT2D eigenvalue weighted by atomic mass is 10.0. The molecule has 0 aliphatic rings. The molecule has 1 aromatic carbocycles. The first-order valence-corrected chi connectivity index (χ1v) is 7.90. The Morgan fingerprint density at radius 2 is 1.82 bits per heavy atom. The summed E-state index contributed by atoms with van der Waals surface area (Å²) < 4.78 is 0. The van der Waals surface area contributed by atoms with Crippen molar-refractivity contribution in [3.05, 3.63) is 29.8 Å². The Bertz CT molecular complexity index is 312. The average Bonchev–Trinajstić information content (AvgIpc) is 2.38. The summed E-state index contributed by atoms with van der Waals surface area (Å²) in [6, 6.07) is 8.72. The molecule has 0 aliphatic carbocycles. The van der Waals surface area contributed by atoms with E-state index in [1.807, 2.05) is 0 Å². The van der Waals surface area contributed by atoms with Crippen LogP contribution < -0.4 is 5.73 Å². The van der Waals surface area contributed by atoms with E-state index in [4.69, 9.17) is 5.73 Å². The van der Waals surface area contributed by atoms with Crippen LogP contribution in [0.1, 0.15) is 57.1 Å². The van der Waals surface area contributed by atoms with Crippen molar-refractivity contribution >= 4 is 11.8 Å². The molecule has 0 aliphatic heterocycles. The molecular weight excluding hydrogens is 226 g/mol. The van der Waals surface area contributed by atoms with Crippen LogP contribution in [0, 0.1) is 0 Å². The number of rotatable bonds is 8. The van der Waals surface area contributed by atoms with Crippen molar-refractivity contribution in [3.63, 3.8) is 0 Å². The highest BCUT2D eigenvalue weighted by Crippen LogP contribution is 2.27. The fraction of sp³-hybridized carbons (Fsp3) is 0.600. The number of hydrogen-bond donors (Lipinski definition) is 1. The second-order valence-electron chi connectivity index (χ2n) is 4.55. The molecule has 17 heavy (non-hydrogen) atoms. The number of thioether (sulfide) groups is 1. The molecule has 1 unspecified atom stereocenters. The molecule has 0 radical (unpaired) electrons. The number of nitrogens with two attached hydrogens (primary N) is 1. The van der Waals surface area contributed by atoms with Crippen LogP contribution in [0.5, 0.6) is 0 Å². The predicted molar refractivity (Wildman–Crippen MR) is 78.5 cm³/mol. The van der Waals surface area contributed by atoms with Crippen molar-refractivity contribution < 1.29 is 0 Å². The summed E-state index contributed by atoms with van der Waals surface area (Å²) in [5.41, 5.74) is 7.59. The summed E-state index contributed by atoms with van der Waals surface area (Å²) >= 11 is 1.79. The number of unbranched alkanes of at least 4 members (excludes halogenated alkanes) is 4. The number of benzene rings is 1. The van der Waals surface area contributed by atoms with Gasteiger partial charge in [0.05, 0.1) is 0 Å². The van der Waals surface area contributed by atoms with Gasteiger partial charge in [-0.25, -0.2) is 0 Å². The van der Waals surface area contributed by atoms with Gasteiger partial charge in [-0.2, -0.15) is 0 Å². The maximum Gasteiger partial charge on any atom is 0.0305 e. The van der Waals surface area contributed by atoms with Crippen molar-refractivity contribution in [2.75, 3.05) is 6.26 Å². The second kappa shape index (κ2) is 8.60. The van der Waals surface area contributed by atoms with E-state index < -0.39 is 0 Å². The summed E-state index contributed by atoms with van der Waals surface area (Å²) in [5, 5.41) is 0. The smallest absolute Gasteiger partial charge is 0.0305 e. The average molecular weight is 251 g/mol. The van der Waals surface area contributed by atoms with E-state index in [0.29, 0.717) is 0 Å². The maximum atomic E-state index is 6.27. The Kier molecular flexibility index (Phi) is 7.38. The van der Waals surface area contributed by atoms with Gasteiger partial charge in [0, 0.05) is 10.9 Å². The summed E-state index contributed by atoms with van der Waals surface area (Å²) in [6.07, 6.45) is 9.83. The van der Waals surface area contributed by atoms with Gasteiger partial charge in [-0.15, -0.1) is 11.8 Å². The minimum atomic E-state index is 0.209. The zero-order valence-corrected chi connectivity index (χ0v) is 11.9. The Morgan fingerprint density at radius 3 is 2.53 bits per heavy atom. The normalized spacial score (nSPS) is 12.6. The van der Waals surface area contributed by atoms with Crippen molar-refractivity contribution in [1.29, 1.82) is 0 Å². The van der Waals surface area contributed by atoms with Crippen molar-refractivity contribution in [3.8, 4) is 0 Å². The summed E-state index contributed by atoms with van der Waals surface area (Å²) in [4.78, 5) is 1.33. The van der Waals surface area contributed by atoms with E-state index in [9.17, 15) is 0 Å². The Hall–Kier alpha value is -0.470. The fourth-order valence-electron chi connectivity index (χ4n) is 2.10. The zero-order chi connectivity index (χ0) is 12.5. The molecule has 96 valence electrons. The monoisotopic (exact) mass is 251 g/mol. The molecule has 0 heterocycles. The molecule has 0 spiro atoms. The third kappa shape index (κ3) is 5.13. The van der Waals surface area contributed by atoms with E-state index in [-0.39, 0.29) is 6.04 Å². The van der Waals surface area contributed by atoms with Gasteiger partial charge < -0.3 is 5.73 Å². The van der Waals surface area contributed by atoms with E-state index >= 15 is 0 Å². The molecule has 0 amide bonds. The first kappa shape index (κ1) is 14.6. The van der Waals surface area contributed by atoms with Gasteiger partial charge in [-0.05, 0) is 24.3 Å². The third-order valence-corrected chi connectivity index (χ3v) is 3.97.